The van der Waals surface area contributed by atoms with Gasteiger partial charge in [0.15, 0.2) is 0 Å². The fourth-order valence-electron chi connectivity index (χ4n) is 1.07. The maximum absolute atomic E-state index is 5.93. The van der Waals surface area contributed by atoms with Crippen LogP contribution in [0, 0.1) is 12.0 Å². The quantitative estimate of drug-likeness (QED) is 0.680. The Kier molecular flexibility index (Phi) is 3.42. The van der Waals surface area contributed by atoms with Crippen LogP contribution in [-0.4, -0.2) is 0 Å². The summed E-state index contributed by atoms with van der Waals surface area (Å²) in [5.74, 6) is 0.608. The molecule has 0 aromatic heterocycles. The van der Waals surface area contributed by atoms with E-state index in [-0.39, 0.29) is 0 Å². The van der Waals surface area contributed by atoms with Crippen molar-refractivity contribution in [1.29, 1.82) is 0 Å². The minimum absolute atomic E-state index is 0.576. The van der Waals surface area contributed by atoms with Gasteiger partial charge >= 0.3 is 0 Å². The van der Waals surface area contributed by atoms with Crippen molar-refractivity contribution in [3.05, 3.63) is 33.8 Å². The van der Waals surface area contributed by atoms with Crippen LogP contribution in [0.15, 0.2) is 12.1 Å². The molecular weight excluding hydrogens is 191 g/mol. The van der Waals surface area contributed by atoms with Gasteiger partial charge in [-0.15, -0.1) is 0 Å². The maximum Gasteiger partial charge on any atom is 0.0532 e. The lowest BCUT2D eigenvalue weighted by molar-refractivity contribution is 0.647. The van der Waals surface area contributed by atoms with E-state index in [1.165, 1.54) is 0 Å². The van der Waals surface area contributed by atoms with Crippen LogP contribution in [0.3, 0.4) is 0 Å². The summed E-state index contributed by atoms with van der Waals surface area (Å²) in [7, 11) is 0. The van der Waals surface area contributed by atoms with Gasteiger partial charge in [-0.05, 0) is 24.0 Å². The Labute approximate surface area is 83.5 Å². The summed E-state index contributed by atoms with van der Waals surface area (Å²) in [6.45, 7) is 4.32. The molecule has 12 heavy (non-hydrogen) atoms. The lowest BCUT2D eigenvalue weighted by Gasteiger charge is -2.06. The van der Waals surface area contributed by atoms with Gasteiger partial charge in [0.1, 0.15) is 0 Å². The monoisotopic (exact) mass is 201 g/mol. The fraction of sp³-hybridized carbons (Fsp3) is 0.400. The predicted molar refractivity (Wildman–Crippen MR) is 53.8 cm³/mol. The number of hydrogen-bond acceptors (Lipinski definition) is 0. The average molecular weight is 202 g/mol. The van der Waals surface area contributed by atoms with Gasteiger partial charge in [-0.25, -0.2) is 0 Å². The third kappa shape index (κ3) is 2.69. The molecule has 65 valence electrons. The molecule has 1 radical (unpaired) electrons. The first-order chi connectivity index (χ1) is 5.59. The normalized spacial score (nSPS) is 10.8. The molecule has 0 bridgehead atoms. The summed E-state index contributed by atoms with van der Waals surface area (Å²) >= 11 is 11.6. The molecule has 1 aromatic rings. The fourth-order valence-corrected chi connectivity index (χ4v) is 1.52. The van der Waals surface area contributed by atoms with E-state index in [0.29, 0.717) is 16.0 Å². The summed E-state index contributed by atoms with van der Waals surface area (Å²) in [4.78, 5) is 0. The number of benzene rings is 1. The molecule has 0 atom stereocenters. The van der Waals surface area contributed by atoms with E-state index in [2.05, 4.69) is 19.9 Å². The third-order valence-corrected chi connectivity index (χ3v) is 2.13. The molecule has 0 aliphatic heterocycles. The second-order valence-electron chi connectivity index (χ2n) is 3.24. The summed E-state index contributed by atoms with van der Waals surface area (Å²) < 4.78 is 0. The van der Waals surface area contributed by atoms with E-state index in [1.54, 1.807) is 0 Å². The number of hydrogen-bond donors (Lipinski definition) is 0. The third-order valence-electron chi connectivity index (χ3n) is 1.57. The van der Waals surface area contributed by atoms with Gasteiger partial charge in [0.2, 0.25) is 0 Å². The van der Waals surface area contributed by atoms with Crippen molar-refractivity contribution in [1.82, 2.24) is 0 Å². The SMILES string of the molecule is CC(C)Cc1ccc(Cl)[c]c1Cl. The zero-order valence-electron chi connectivity index (χ0n) is 7.20. The number of halogens is 2. The van der Waals surface area contributed by atoms with E-state index in [0.717, 1.165) is 12.0 Å². The van der Waals surface area contributed by atoms with Crippen molar-refractivity contribution in [2.75, 3.05) is 0 Å². The Morgan fingerprint density at radius 3 is 2.50 bits per heavy atom. The Bertz CT molecular complexity index is 267. The first kappa shape index (κ1) is 9.88. The topological polar surface area (TPSA) is 0 Å². The van der Waals surface area contributed by atoms with Crippen LogP contribution in [0.5, 0.6) is 0 Å². The van der Waals surface area contributed by atoms with Crippen molar-refractivity contribution in [2.45, 2.75) is 20.3 Å². The highest BCUT2D eigenvalue weighted by Gasteiger charge is 2.03. The van der Waals surface area contributed by atoms with Crippen molar-refractivity contribution < 1.29 is 0 Å². The molecule has 0 saturated heterocycles. The highest BCUT2D eigenvalue weighted by Crippen LogP contribution is 2.22. The Hall–Kier alpha value is -0.200. The molecule has 0 nitrogen and oxygen atoms in total. The van der Waals surface area contributed by atoms with E-state index in [9.17, 15) is 0 Å². The van der Waals surface area contributed by atoms with Crippen LogP contribution >= 0.6 is 23.2 Å². The zero-order valence-corrected chi connectivity index (χ0v) is 8.71. The summed E-state index contributed by atoms with van der Waals surface area (Å²) in [6, 6.07) is 6.66. The second-order valence-corrected chi connectivity index (χ2v) is 4.03. The van der Waals surface area contributed by atoms with Crippen LogP contribution in [0.4, 0.5) is 0 Å². The molecule has 0 saturated carbocycles. The molecule has 0 unspecified atom stereocenters. The smallest absolute Gasteiger partial charge is 0.0532 e. The van der Waals surface area contributed by atoms with Gasteiger partial charge in [0.25, 0.3) is 0 Å². The van der Waals surface area contributed by atoms with E-state index in [4.69, 9.17) is 23.2 Å². The summed E-state index contributed by atoms with van der Waals surface area (Å²) in [5.41, 5.74) is 1.12. The highest BCUT2D eigenvalue weighted by atomic mass is 35.5. The second kappa shape index (κ2) is 4.15. The summed E-state index contributed by atoms with van der Waals surface area (Å²) in [6.07, 6.45) is 0.979. The van der Waals surface area contributed by atoms with Crippen LogP contribution < -0.4 is 0 Å². The molecule has 0 amide bonds. The van der Waals surface area contributed by atoms with Crippen LogP contribution in [-0.2, 0) is 6.42 Å². The van der Waals surface area contributed by atoms with E-state index in [1.807, 2.05) is 12.1 Å². The van der Waals surface area contributed by atoms with Crippen molar-refractivity contribution in [3.63, 3.8) is 0 Å². The van der Waals surface area contributed by atoms with E-state index >= 15 is 0 Å². The molecule has 0 aliphatic rings. The van der Waals surface area contributed by atoms with Crippen molar-refractivity contribution >= 4 is 23.2 Å². The van der Waals surface area contributed by atoms with Gasteiger partial charge in [-0.3, -0.25) is 0 Å². The standard InChI is InChI=1S/C10H11Cl2/c1-7(2)5-8-3-4-9(11)6-10(8)12/h3-4,7H,5H2,1-2H3. The van der Waals surface area contributed by atoms with Gasteiger partial charge in [-0.1, -0.05) is 43.1 Å². The molecule has 0 N–H and O–H groups in total. The Morgan fingerprint density at radius 1 is 1.33 bits per heavy atom. The first-order valence-corrected chi connectivity index (χ1v) is 4.71. The molecule has 0 heterocycles. The Balaban J connectivity index is 2.86. The van der Waals surface area contributed by atoms with Crippen LogP contribution in [0.25, 0.3) is 0 Å². The summed E-state index contributed by atoms with van der Waals surface area (Å²) in [5, 5.41) is 1.23. The molecule has 0 aliphatic carbocycles. The molecular formula is C10H11Cl2. The molecule has 0 fully saturated rings. The molecule has 1 rings (SSSR count). The first-order valence-electron chi connectivity index (χ1n) is 3.96. The minimum atomic E-state index is 0.576. The molecule has 1 aromatic carbocycles. The lowest BCUT2D eigenvalue weighted by atomic mass is 10.0. The lowest BCUT2D eigenvalue weighted by Crippen LogP contribution is -1.94. The zero-order chi connectivity index (χ0) is 9.14. The van der Waals surface area contributed by atoms with Gasteiger partial charge in [-0.2, -0.15) is 0 Å². The highest BCUT2D eigenvalue weighted by molar-refractivity contribution is 6.34. The van der Waals surface area contributed by atoms with Crippen molar-refractivity contribution in [2.24, 2.45) is 5.92 Å². The van der Waals surface area contributed by atoms with Crippen LogP contribution in [0.2, 0.25) is 10.0 Å². The maximum atomic E-state index is 5.93. The molecule has 0 spiro atoms. The van der Waals surface area contributed by atoms with Gasteiger partial charge in [0, 0.05) is 6.07 Å². The van der Waals surface area contributed by atoms with Crippen LogP contribution in [0.1, 0.15) is 19.4 Å². The van der Waals surface area contributed by atoms with E-state index < -0.39 is 0 Å². The minimum Gasteiger partial charge on any atom is -0.0836 e. The molecule has 2 heteroatoms. The van der Waals surface area contributed by atoms with Crippen molar-refractivity contribution in [3.8, 4) is 0 Å². The van der Waals surface area contributed by atoms with Gasteiger partial charge in [0.05, 0.1) is 10.0 Å². The predicted octanol–water partition coefficient (Wildman–Crippen LogP) is 3.99. The van der Waals surface area contributed by atoms with Gasteiger partial charge < -0.3 is 0 Å². The number of rotatable bonds is 2. The largest absolute Gasteiger partial charge is 0.0836 e. The Morgan fingerprint density at radius 2 is 2.00 bits per heavy atom. The average Bonchev–Trinajstić information content (AvgIpc) is 1.94.